The molecule has 4 nitrogen and oxygen atoms in total. The van der Waals surface area contributed by atoms with Crippen molar-refractivity contribution in [2.75, 3.05) is 18.8 Å². The number of hydrogen-bond acceptors (Lipinski definition) is 5. The lowest BCUT2D eigenvalue weighted by molar-refractivity contribution is -0.117. The Balaban J connectivity index is 2.34. The highest BCUT2D eigenvalue weighted by molar-refractivity contribution is 8.02. The first-order chi connectivity index (χ1) is 16.1. The molecule has 0 aromatic heterocycles. The van der Waals surface area contributed by atoms with Gasteiger partial charge in [0, 0.05) is 35.2 Å². The van der Waals surface area contributed by atoms with Gasteiger partial charge in [0.05, 0.1) is 0 Å². The first kappa shape index (κ1) is 30.7. The molecular weight excluding hydrogens is 482 g/mol. The van der Waals surface area contributed by atoms with Crippen LogP contribution in [0.4, 0.5) is 0 Å². The lowest BCUT2D eigenvalue weighted by atomic mass is 9.95. The molecule has 0 heterocycles. The zero-order valence-corrected chi connectivity index (χ0v) is 24.2. The highest BCUT2D eigenvalue weighted by Crippen LogP contribution is 2.32. The van der Waals surface area contributed by atoms with E-state index in [0.29, 0.717) is 12.5 Å². The summed E-state index contributed by atoms with van der Waals surface area (Å²) in [7, 11) is 0. The Morgan fingerprint density at radius 3 is 2.26 bits per heavy atom. The van der Waals surface area contributed by atoms with Crippen LogP contribution in [0.5, 0.6) is 0 Å². The molecule has 0 saturated heterocycles. The summed E-state index contributed by atoms with van der Waals surface area (Å²) >= 11 is 9.48. The highest BCUT2D eigenvalue weighted by Gasteiger charge is 2.12. The van der Waals surface area contributed by atoms with E-state index in [1.54, 1.807) is 29.1 Å². The summed E-state index contributed by atoms with van der Waals surface area (Å²) in [6.45, 7) is 16.5. The standard InChI is InChI=1S/C27H42ClN3OS2/c1-8-9-10-11-24(28)16-18(2)12-13-30-27(32)25(29)17-33-15-14-31-34-26-22(6)20(4)19(3)21(5)23(26)7/h9-10,16-18,31H,8,11-15,29H2,1-7H3,(H,30,32)/b10-9-,24-16+,25-17-. The fraction of sp³-hybridized carbons (Fsp3) is 0.519. The number of hydrogen-bond donors (Lipinski definition) is 3. The number of thioether (sulfide) groups is 1. The van der Waals surface area contributed by atoms with Gasteiger partial charge < -0.3 is 11.1 Å². The minimum absolute atomic E-state index is 0.222. The molecule has 190 valence electrons. The summed E-state index contributed by atoms with van der Waals surface area (Å²) in [5, 5.41) is 5.46. The number of rotatable bonds is 14. The van der Waals surface area contributed by atoms with Crippen molar-refractivity contribution in [2.45, 2.75) is 72.6 Å². The summed E-state index contributed by atoms with van der Waals surface area (Å²) in [4.78, 5) is 13.5. The van der Waals surface area contributed by atoms with Gasteiger partial charge in [-0.25, -0.2) is 0 Å². The van der Waals surface area contributed by atoms with E-state index in [0.717, 1.165) is 36.6 Å². The first-order valence-corrected chi connectivity index (χ1v) is 14.2. The molecule has 0 fully saturated rings. The van der Waals surface area contributed by atoms with Gasteiger partial charge in [-0.2, -0.15) is 0 Å². The Kier molecular flexibility index (Phi) is 14.8. The van der Waals surface area contributed by atoms with Crippen LogP contribution in [-0.2, 0) is 4.79 Å². The van der Waals surface area contributed by atoms with E-state index in [9.17, 15) is 4.79 Å². The molecule has 1 amide bonds. The van der Waals surface area contributed by atoms with Gasteiger partial charge in [-0.15, -0.1) is 11.8 Å². The maximum absolute atomic E-state index is 12.2. The minimum Gasteiger partial charge on any atom is -0.394 e. The second kappa shape index (κ2) is 16.4. The Bertz CT molecular complexity index is 881. The van der Waals surface area contributed by atoms with Crippen LogP contribution < -0.4 is 15.8 Å². The molecule has 1 rings (SSSR count). The lowest BCUT2D eigenvalue weighted by Gasteiger charge is -2.18. The van der Waals surface area contributed by atoms with Gasteiger partial charge in [0.1, 0.15) is 5.70 Å². The van der Waals surface area contributed by atoms with Crippen LogP contribution >= 0.6 is 35.3 Å². The average Bonchev–Trinajstić information content (AvgIpc) is 2.80. The van der Waals surface area contributed by atoms with Gasteiger partial charge in [0.15, 0.2) is 0 Å². The maximum atomic E-state index is 12.2. The topological polar surface area (TPSA) is 67.2 Å². The van der Waals surface area contributed by atoms with Gasteiger partial charge in [-0.05, 0) is 98.6 Å². The van der Waals surface area contributed by atoms with Crippen LogP contribution in [0.2, 0.25) is 0 Å². The molecule has 1 aromatic rings. The van der Waals surface area contributed by atoms with Crippen LogP contribution in [0.25, 0.3) is 0 Å². The number of allylic oxidation sites excluding steroid dienone is 4. The SMILES string of the molecule is CC/C=C\C/C(Cl)=C\C(C)CCNC(=O)/C(N)=C/SCCNSc1c(C)c(C)c(C)c(C)c1C. The third-order valence-corrected chi connectivity index (χ3v) is 8.27. The number of benzene rings is 1. The van der Waals surface area contributed by atoms with E-state index < -0.39 is 0 Å². The van der Waals surface area contributed by atoms with Crippen LogP contribution in [0.15, 0.2) is 39.3 Å². The Morgan fingerprint density at radius 2 is 1.65 bits per heavy atom. The highest BCUT2D eigenvalue weighted by atomic mass is 35.5. The van der Waals surface area contributed by atoms with Gasteiger partial charge in [0.25, 0.3) is 5.91 Å². The predicted octanol–water partition coefficient (Wildman–Crippen LogP) is 6.98. The molecule has 7 heteroatoms. The van der Waals surface area contributed by atoms with Gasteiger partial charge >= 0.3 is 0 Å². The van der Waals surface area contributed by atoms with Gasteiger partial charge in [0.2, 0.25) is 0 Å². The van der Waals surface area contributed by atoms with Crippen molar-refractivity contribution in [1.29, 1.82) is 0 Å². The van der Waals surface area contributed by atoms with E-state index in [1.807, 2.05) is 0 Å². The van der Waals surface area contributed by atoms with Gasteiger partial charge in [-0.1, -0.05) is 43.7 Å². The Labute approximate surface area is 220 Å². The molecule has 0 bridgehead atoms. The smallest absolute Gasteiger partial charge is 0.267 e. The summed E-state index contributed by atoms with van der Waals surface area (Å²) < 4.78 is 3.44. The minimum atomic E-state index is -0.222. The largest absolute Gasteiger partial charge is 0.394 e. The molecule has 1 unspecified atom stereocenters. The number of amides is 1. The molecule has 0 aliphatic carbocycles. The predicted molar refractivity (Wildman–Crippen MR) is 153 cm³/mol. The van der Waals surface area contributed by atoms with E-state index in [1.165, 1.54) is 32.7 Å². The molecule has 0 aliphatic heterocycles. The van der Waals surface area contributed by atoms with Crippen molar-refractivity contribution in [1.82, 2.24) is 10.0 Å². The zero-order chi connectivity index (χ0) is 25.7. The van der Waals surface area contributed by atoms with Crippen molar-refractivity contribution in [3.05, 3.63) is 62.2 Å². The van der Waals surface area contributed by atoms with Crippen LogP contribution in [0, 0.1) is 40.5 Å². The second-order valence-corrected chi connectivity index (χ2v) is 11.0. The summed E-state index contributed by atoms with van der Waals surface area (Å²) in [6, 6.07) is 0. The van der Waals surface area contributed by atoms with E-state index in [2.05, 4.69) is 76.7 Å². The Morgan fingerprint density at radius 1 is 1.03 bits per heavy atom. The lowest BCUT2D eigenvalue weighted by Crippen LogP contribution is -2.30. The maximum Gasteiger partial charge on any atom is 0.267 e. The zero-order valence-electron chi connectivity index (χ0n) is 21.8. The van der Waals surface area contributed by atoms with Crippen LogP contribution in [-0.4, -0.2) is 24.7 Å². The number of carbonyl (C=O) groups excluding carboxylic acids is 1. The molecule has 0 aliphatic rings. The molecule has 0 saturated carbocycles. The van der Waals surface area contributed by atoms with E-state index in [-0.39, 0.29) is 11.6 Å². The molecule has 0 radical (unpaired) electrons. The second-order valence-electron chi connectivity index (χ2n) is 8.61. The van der Waals surface area contributed by atoms with E-state index >= 15 is 0 Å². The van der Waals surface area contributed by atoms with Crippen LogP contribution in [0.1, 0.15) is 60.9 Å². The summed E-state index contributed by atoms with van der Waals surface area (Å²) in [5.74, 6) is 0.898. The molecule has 1 atom stereocenters. The molecule has 1 aromatic carbocycles. The third kappa shape index (κ3) is 10.5. The summed E-state index contributed by atoms with van der Waals surface area (Å²) in [6.07, 6.45) is 8.83. The normalized spacial score (nSPS) is 13.5. The fourth-order valence-corrected chi connectivity index (χ4v) is 5.40. The molecule has 0 spiro atoms. The monoisotopic (exact) mass is 523 g/mol. The van der Waals surface area contributed by atoms with Gasteiger partial charge in [-0.3, -0.25) is 9.52 Å². The summed E-state index contributed by atoms with van der Waals surface area (Å²) in [5.41, 5.74) is 13.0. The number of halogens is 1. The number of nitrogens with one attached hydrogen (secondary N) is 2. The number of carbonyl (C=O) groups is 1. The fourth-order valence-electron chi connectivity index (χ4n) is 3.38. The van der Waals surface area contributed by atoms with Crippen molar-refractivity contribution >= 4 is 41.2 Å². The van der Waals surface area contributed by atoms with E-state index in [4.69, 9.17) is 17.3 Å². The quantitative estimate of drug-likeness (QED) is 0.106. The third-order valence-electron chi connectivity index (χ3n) is 5.97. The number of nitrogens with two attached hydrogens (primary N) is 1. The van der Waals surface area contributed by atoms with Crippen molar-refractivity contribution in [2.24, 2.45) is 11.7 Å². The molecule has 34 heavy (non-hydrogen) atoms. The molecule has 4 N–H and O–H groups in total. The van der Waals surface area contributed by atoms with Crippen LogP contribution in [0.3, 0.4) is 0 Å². The Hall–Kier alpha value is -1.34. The average molecular weight is 524 g/mol. The first-order valence-electron chi connectivity index (χ1n) is 11.9. The van der Waals surface area contributed by atoms with Crippen molar-refractivity contribution in [3.8, 4) is 0 Å². The molecular formula is C27H42ClN3OS2. The van der Waals surface area contributed by atoms with Crippen molar-refractivity contribution in [3.63, 3.8) is 0 Å². The van der Waals surface area contributed by atoms with Crippen molar-refractivity contribution < 1.29 is 4.79 Å².